The lowest BCUT2D eigenvalue weighted by atomic mass is 9.83. The Labute approximate surface area is 217 Å². The summed E-state index contributed by atoms with van der Waals surface area (Å²) < 4.78 is 5.55. The van der Waals surface area contributed by atoms with Crippen LogP contribution in [-0.2, 0) is 16.0 Å². The molecule has 0 bridgehead atoms. The number of hydrogen-bond donors (Lipinski definition) is 3. The zero-order chi connectivity index (χ0) is 26.0. The molecular formula is C30H34N4O3. The smallest absolute Gasteiger partial charge is 0.220 e. The molecule has 0 unspecified atom stereocenters. The fraction of sp³-hybridized carbons (Fsp3) is 0.367. The van der Waals surface area contributed by atoms with Crippen LogP contribution in [0.5, 0.6) is 5.75 Å². The van der Waals surface area contributed by atoms with Gasteiger partial charge in [-0.1, -0.05) is 43.3 Å². The molecule has 7 heteroatoms. The molecule has 0 aliphatic carbocycles. The minimum atomic E-state index is -0.454. The molecule has 4 aromatic rings. The molecule has 3 N–H and O–H groups in total. The van der Waals surface area contributed by atoms with Crippen molar-refractivity contribution >= 4 is 33.6 Å². The second kappa shape index (κ2) is 10.2. The summed E-state index contributed by atoms with van der Waals surface area (Å²) in [5, 5.41) is 8.53. The number of H-pyrrole nitrogens is 1. The van der Waals surface area contributed by atoms with Gasteiger partial charge >= 0.3 is 0 Å². The first kappa shape index (κ1) is 24.8. The van der Waals surface area contributed by atoms with Crippen molar-refractivity contribution in [3.63, 3.8) is 0 Å². The van der Waals surface area contributed by atoms with Crippen molar-refractivity contribution in [2.45, 2.75) is 64.0 Å². The van der Waals surface area contributed by atoms with Gasteiger partial charge in [-0.15, -0.1) is 0 Å². The van der Waals surface area contributed by atoms with Crippen molar-refractivity contribution in [1.82, 2.24) is 20.6 Å². The Morgan fingerprint density at radius 2 is 1.97 bits per heavy atom. The molecule has 5 rings (SSSR count). The number of nitrogens with one attached hydrogen (secondary N) is 3. The molecule has 37 heavy (non-hydrogen) atoms. The minimum Gasteiger partial charge on any atom is -0.496 e. The third kappa shape index (κ3) is 5.17. The van der Waals surface area contributed by atoms with E-state index in [1.807, 2.05) is 44.2 Å². The van der Waals surface area contributed by atoms with E-state index in [1.165, 1.54) is 0 Å². The van der Waals surface area contributed by atoms with Gasteiger partial charge in [-0.2, -0.15) is 0 Å². The predicted octanol–water partition coefficient (Wildman–Crippen LogP) is 5.27. The van der Waals surface area contributed by atoms with E-state index in [4.69, 9.17) is 9.72 Å². The number of nitrogens with zero attached hydrogens (tertiary/aromatic N) is 1. The number of ether oxygens (including phenoxy) is 1. The van der Waals surface area contributed by atoms with Crippen molar-refractivity contribution in [1.29, 1.82) is 0 Å². The van der Waals surface area contributed by atoms with Crippen LogP contribution in [0.1, 0.15) is 62.0 Å². The highest BCUT2D eigenvalue weighted by Gasteiger charge is 2.38. The van der Waals surface area contributed by atoms with Gasteiger partial charge in [0.05, 0.1) is 24.2 Å². The standard InChI is InChI=1S/C30H34N4O3/c1-4-23(29-32-24-11-9-19(2)17-25(24)33-29)31-27(35)13-15-30(16-14-28(36)34-30)18-20-10-12-26(37-3)22-8-6-5-7-21(20)22/h5-12,17,23H,4,13-16,18H2,1-3H3,(H,31,35)(H,32,33)(H,34,36)/t23-,30-/m0/s1. The summed E-state index contributed by atoms with van der Waals surface area (Å²) in [4.78, 5) is 33.5. The lowest BCUT2D eigenvalue weighted by Crippen LogP contribution is -2.44. The zero-order valence-electron chi connectivity index (χ0n) is 21.7. The maximum Gasteiger partial charge on any atom is 0.220 e. The Morgan fingerprint density at radius 3 is 2.70 bits per heavy atom. The quantitative estimate of drug-likeness (QED) is 0.293. The third-order valence-corrected chi connectivity index (χ3v) is 7.52. The third-order valence-electron chi connectivity index (χ3n) is 7.52. The molecule has 3 aromatic carbocycles. The number of fused-ring (bicyclic) bond motifs is 2. The zero-order valence-corrected chi connectivity index (χ0v) is 21.7. The number of aryl methyl sites for hydroxylation is 1. The molecule has 1 aliphatic heterocycles. The minimum absolute atomic E-state index is 0.0383. The molecule has 0 spiro atoms. The summed E-state index contributed by atoms with van der Waals surface area (Å²) in [7, 11) is 1.68. The summed E-state index contributed by atoms with van der Waals surface area (Å²) in [5.41, 5.74) is 3.72. The van der Waals surface area contributed by atoms with Crippen molar-refractivity contribution in [3.05, 3.63) is 71.5 Å². The Kier molecular flexibility index (Phi) is 6.87. The summed E-state index contributed by atoms with van der Waals surface area (Å²) in [5.74, 6) is 1.60. The number of hydrogen-bond acceptors (Lipinski definition) is 4. The van der Waals surface area contributed by atoms with E-state index in [9.17, 15) is 9.59 Å². The van der Waals surface area contributed by atoms with Gasteiger partial charge in [-0.05, 0) is 67.3 Å². The second-order valence-corrected chi connectivity index (χ2v) is 10.1. The SMILES string of the molecule is CC[C@H](NC(=O)CC[C@@]1(Cc2ccc(OC)c3ccccc23)CCC(=O)N1)c1nc2ccc(C)cc2[nH]1. The Balaban J connectivity index is 1.31. The van der Waals surface area contributed by atoms with Crippen molar-refractivity contribution in [2.75, 3.05) is 7.11 Å². The number of carbonyl (C=O) groups is 2. The number of imidazole rings is 1. The van der Waals surface area contributed by atoms with Gasteiger partial charge < -0.3 is 20.4 Å². The van der Waals surface area contributed by atoms with E-state index < -0.39 is 5.54 Å². The molecule has 0 saturated carbocycles. The fourth-order valence-electron chi connectivity index (χ4n) is 5.50. The first-order valence-corrected chi connectivity index (χ1v) is 13.0. The van der Waals surface area contributed by atoms with E-state index >= 15 is 0 Å². The van der Waals surface area contributed by atoms with Crippen LogP contribution < -0.4 is 15.4 Å². The van der Waals surface area contributed by atoms with E-state index in [1.54, 1.807) is 7.11 Å². The average molecular weight is 499 g/mol. The van der Waals surface area contributed by atoms with Crippen LogP contribution in [0.2, 0.25) is 0 Å². The van der Waals surface area contributed by atoms with E-state index in [-0.39, 0.29) is 17.9 Å². The first-order valence-electron chi connectivity index (χ1n) is 13.0. The van der Waals surface area contributed by atoms with Gasteiger partial charge in [0, 0.05) is 23.8 Å². The lowest BCUT2D eigenvalue weighted by molar-refractivity contribution is -0.123. The van der Waals surface area contributed by atoms with Crippen LogP contribution >= 0.6 is 0 Å². The normalized spacial score (nSPS) is 18.2. The first-order chi connectivity index (χ1) is 17.9. The second-order valence-electron chi connectivity index (χ2n) is 10.1. The molecule has 7 nitrogen and oxygen atoms in total. The molecule has 2 atom stereocenters. The van der Waals surface area contributed by atoms with Crippen LogP contribution in [0.3, 0.4) is 0 Å². The van der Waals surface area contributed by atoms with Crippen LogP contribution in [0.15, 0.2) is 54.6 Å². The number of rotatable bonds is 9. The van der Waals surface area contributed by atoms with Crippen molar-refractivity contribution < 1.29 is 14.3 Å². The highest BCUT2D eigenvalue weighted by Crippen LogP contribution is 2.35. The number of aromatic nitrogens is 2. The molecule has 2 amide bonds. The van der Waals surface area contributed by atoms with Crippen LogP contribution in [0.25, 0.3) is 21.8 Å². The van der Waals surface area contributed by atoms with E-state index in [0.29, 0.717) is 32.1 Å². The number of amides is 2. The van der Waals surface area contributed by atoms with Gasteiger partial charge in [-0.25, -0.2) is 4.98 Å². The van der Waals surface area contributed by atoms with Gasteiger partial charge in [0.15, 0.2) is 0 Å². The van der Waals surface area contributed by atoms with Gasteiger partial charge in [0.25, 0.3) is 0 Å². The number of methoxy groups -OCH3 is 1. The number of aromatic amines is 1. The summed E-state index contributed by atoms with van der Waals surface area (Å²) in [6, 6.07) is 18.1. The maximum absolute atomic E-state index is 13.1. The summed E-state index contributed by atoms with van der Waals surface area (Å²) in [6.07, 6.45) is 3.47. The predicted molar refractivity (Wildman–Crippen MR) is 146 cm³/mol. The van der Waals surface area contributed by atoms with E-state index in [2.05, 4.69) is 39.9 Å². The molecule has 2 heterocycles. The largest absolute Gasteiger partial charge is 0.496 e. The molecule has 0 radical (unpaired) electrons. The van der Waals surface area contributed by atoms with Gasteiger partial charge in [0.2, 0.25) is 11.8 Å². The lowest BCUT2D eigenvalue weighted by Gasteiger charge is -2.30. The monoisotopic (exact) mass is 498 g/mol. The molecular weight excluding hydrogens is 464 g/mol. The van der Waals surface area contributed by atoms with Crippen molar-refractivity contribution in [3.8, 4) is 5.75 Å². The Bertz CT molecular complexity index is 1460. The molecule has 1 aromatic heterocycles. The van der Waals surface area contributed by atoms with Crippen LogP contribution in [0, 0.1) is 6.92 Å². The van der Waals surface area contributed by atoms with Gasteiger partial charge in [0.1, 0.15) is 11.6 Å². The molecule has 1 saturated heterocycles. The number of carbonyl (C=O) groups excluding carboxylic acids is 2. The molecule has 192 valence electrons. The van der Waals surface area contributed by atoms with Crippen molar-refractivity contribution in [2.24, 2.45) is 0 Å². The molecule has 1 fully saturated rings. The van der Waals surface area contributed by atoms with Crippen LogP contribution in [0.4, 0.5) is 0 Å². The van der Waals surface area contributed by atoms with Crippen LogP contribution in [-0.4, -0.2) is 34.4 Å². The Hall–Kier alpha value is -3.87. The average Bonchev–Trinajstić information content (AvgIpc) is 3.49. The van der Waals surface area contributed by atoms with E-state index in [0.717, 1.165) is 50.9 Å². The maximum atomic E-state index is 13.1. The highest BCUT2D eigenvalue weighted by molar-refractivity contribution is 5.91. The Morgan fingerprint density at radius 1 is 1.16 bits per heavy atom. The highest BCUT2D eigenvalue weighted by atomic mass is 16.5. The summed E-state index contributed by atoms with van der Waals surface area (Å²) >= 11 is 0. The fourth-order valence-corrected chi connectivity index (χ4v) is 5.50. The molecule has 1 aliphatic rings. The van der Waals surface area contributed by atoms with Gasteiger partial charge in [-0.3, -0.25) is 9.59 Å². The number of benzene rings is 3. The summed E-state index contributed by atoms with van der Waals surface area (Å²) in [6.45, 7) is 4.09. The topological polar surface area (TPSA) is 96.1 Å².